The number of benzene rings is 4. The summed E-state index contributed by atoms with van der Waals surface area (Å²) >= 11 is 3.52. The van der Waals surface area contributed by atoms with Crippen LogP contribution >= 0.6 is 15.9 Å². The zero-order valence-electron chi connectivity index (χ0n) is 35.7. The number of ether oxygens (including phenoxy) is 10. The molecule has 4 aromatic carbocycles. The van der Waals surface area contributed by atoms with Crippen LogP contribution in [0, 0.1) is 0 Å². The predicted octanol–water partition coefficient (Wildman–Crippen LogP) is 6.91. The largest absolute Gasteiger partial charge is 0.493 e. The summed E-state index contributed by atoms with van der Waals surface area (Å²) in [6.07, 6.45) is 5.37. The molecule has 0 atom stereocenters. The SMILES string of the molecule is COc1cc2c(Oc3c(Br)ccc4c3OCO4)ncnc2cc1OCCCN1CCN(C)CC1.COc1cc2c(Oc3cccc4c3OCO4)ncnc2cc1OCCCS(C)(=O)=O. The van der Waals surface area contributed by atoms with E-state index in [-0.39, 0.29) is 25.9 Å². The van der Waals surface area contributed by atoms with Gasteiger partial charge in [0.05, 0.1) is 59.5 Å². The molecule has 9 rings (SSSR count). The molecule has 0 aliphatic carbocycles. The lowest BCUT2D eigenvalue weighted by atomic mass is 10.2. The third-order valence-electron chi connectivity index (χ3n) is 10.4. The van der Waals surface area contributed by atoms with Crippen molar-refractivity contribution in [2.24, 2.45) is 0 Å². The summed E-state index contributed by atoms with van der Waals surface area (Å²) in [6.45, 7) is 6.58. The molecule has 20 heteroatoms. The first-order valence-corrected chi connectivity index (χ1v) is 23.2. The van der Waals surface area contributed by atoms with Gasteiger partial charge in [0.1, 0.15) is 22.5 Å². The highest BCUT2D eigenvalue weighted by Crippen LogP contribution is 2.48. The second-order valence-electron chi connectivity index (χ2n) is 14.9. The Labute approximate surface area is 378 Å². The second kappa shape index (κ2) is 20.2. The summed E-state index contributed by atoms with van der Waals surface area (Å²) in [5.74, 6) is 6.18. The van der Waals surface area contributed by atoms with Crippen LogP contribution < -0.4 is 47.4 Å². The summed E-state index contributed by atoms with van der Waals surface area (Å²) in [5.41, 5.74) is 1.28. The summed E-state index contributed by atoms with van der Waals surface area (Å²) < 4.78 is 80.2. The number of piperazine rings is 1. The molecule has 0 spiro atoms. The van der Waals surface area contributed by atoms with Crippen molar-refractivity contribution < 1.29 is 55.8 Å². The van der Waals surface area contributed by atoms with Gasteiger partial charge in [-0.3, -0.25) is 0 Å². The number of aromatic nitrogens is 4. The van der Waals surface area contributed by atoms with Gasteiger partial charge < -0.3 is 57.2 Å². The number of hydrogen-bond donors (Lipinski definition) is 0. The zero-order valence-corrected chi connectivity index (χ0v) is 38.1. The molecule has 338 valence electrons. The lowest BCUT2D eigenvalue weighted by Crippen LogP contribution is -2.44. The van der Waals surface area contributed by atoms with Crippen molar-refractivity contribution in [2.75, 3.05) is 92.8 Å². The van der Waals surface area contributed by atoms with Crippen LogP contribution in [0.4, 0.5) is 0 Å². The van der Waals surface area contributed by atoms with Gasteiger partial charge in [-0.15, -0.1) is 0 Å². The van der Waals surface area contributed by atoms with Crippen LogP contribution in [-0.4, -0.2) is 131 Å². The van der Waals surface area contributed by atoms with Crippen LogP contribution in [0.3, 0.4) is 0 Å². The fraction of sp³-hybridized carbons (Fsp3) is 0.364. The second-order valence-corrected chi connectivity index (χ2v) is 18.0. The van der Waals surface area contributed by atoms with E-state index in [1.807, 2.05) is 24.3 Å². The van der Waals surface area contributed by atoms with E-state index >= 15 is 0 Å². The van der Waals surface area contributed by atoms with E-state index < -0.39 is 9.84 Å². The van der Waals surface area contributed by atoms with Gasteiger partial charge >= 0.3 is 0 Å². The molecular weight excluding hydrogens is 916 g/mol. The number of rotatable bonds is 16. The summed E-state index contributed by atoms with van der Waals surface area (Å²) in [4.78, 5) is 22.1. The van der Waals surface area contributed by atoms with Crippen molar-refractivity contribution in [3.8, 4) is 69.3 Å². The summed E-state index contributed by atoms with van der Waals surface area (Å²) in [6, 6.07) is 16.2. The third-order valence-corrected chi connectivity index (χ3v) is 12.0. The molecule has 3 aliphatic heterocycles. The Balaban J connectivity index is 0.000000176. The third kappa shape index (κ3) is 10.6. The van der Waals surface area contributed by atoms with Crippen LogP contribution in [-0.2, 0) is 9.84 Å². The molecule has 5 heterocycles. The van der Waals surface area contributed by atoms with Crippen molar-refractivity contribution in [1.29, 1.82) is 0 Å². The molecule has 64 heavy (non-hydrogen) atoms. The van der Waals surface area contributed by atoms with Crippen LogP contribution in [0.1, 0.15) is 12.8 Å². The number of fused-ring (bicyclic) bond motifs is 4. The molecule has 0 amide bonds. The fourth-order valence-electron chi connectivity index (χ4n) is 7.04. The van der Waals surface area contributed by atoms with Crippen molar-refractivity contribution >= 4 is 47.6 Å². The molecule has 1 saturated heterocycles. The van der Waals surface area contributed by atoms with Gasteiger partial charge in [-0.2, -0.15) is 0 Å². The first kappa shape index (κ1) is 44.5. The molecule has 6 aromatic rings. The molecule has 0 radical (unpaired) electrons. The van der Waals surface area contributed by atoms with Gasteiger partial charge in [0.15, 0.2) is 46.0 Å². The molecule has 1 fully saturated rings. The van der Waals surface area contributed by atoms with Gasteiger partial charge in [-0.1, -0.05) is 6.07 Å². The van der Waals surface area contributed by atoms with E-state index in [1.54, 1.807) is 37.4 Å². The highest BCUT2D eigenvalue weighted by Gasteiger charge is 2.25. The maximum atomic E-state index is 11.3. The quantitative estimate of drug-likeness (QED) is 0.0911. The van der Waals surface area contributed by atoms with E-state index in [4.69, 9.17) is 47.4 Å². The monoisotopic (exact) mass is 962 g/mol. The van der Waals surface area contributed by atoms with Gasteiger partial charge in [0.25, 0.3) is 0 Å². The summed E-state index contributed by atoms with van der Waals surface area (Å²) in [5, 5.41) is 1.32. The number of para-hydroxylation sites is 1. The van der Waals surface area contributed by atoms with Gasteiger partial charge in [-0.05, 0) is 72.2 Å². The molecule has 2 aromatic heterocycles. The topological polar surface area (TPSA) is 184 Å². The van der Waals surface area contributed by atoms with Gasteiger partial charge in [-0.25, -0.2) is 28.4 Å². The standard InChI is InChI=1S/C24H27BrN4O5.C20H20N2O7S/c1-28-7-9-29(10-8-28)6-3-11-31-21-13-18-16(12-20(21)30-2)24(27-14-26-18)34-22-17(25)4-5-19-23(22)33-15-32-19;1-25-17-9-13-14(10-18(17)26-7-4-8-30(2,23)24)21-11-22-20(13)29-16-6-3-5-15-19(16)28-12-27-15/h4-5,12-14H,3,6-11,15H2,1-2H3;3,5-6,9-11H,4,7-8,12H2,1-2H3. The fourth-order valence-corrected chi connectivity index (χ4v) is 8.07. The number of likely N-dealkylation sites (N-methyl/N-ethyl adjacent to an activating group) is 1. The lowest BCUT2D eigenvalue weighted by molar-refractivity contribution is 0.145. The van der Waals surface area contributed by atoms with Crippen molar-refractivity contribution in [1.82, 2.24) is 29.7 Å². The zero-order chi connectivity index (χ0) is 44.6. The van der Waals surface area contributed by atoms with E-state index in [0.717, 1.165) is 43.6 Å². The van der Waals surface area contributed by atoms with Gasteiger partial charge in [0, 0.05) is 51.1 Å². The van der Waals surface area contributed by atoms with Crippen molar-refractivity contribution in [3.05, 3.63) is 71.7 Å². The normalized spacial score (nSPS) is 14.5. The van der Waals surface area contributed by atoms with E-state index in [2.05, 4.69) is 52.7 Å². The van der Waals surface area contributed by atoms with Crippen molar-refractivity contribution in [3.63, 3.8) is 0 Å². The maximum Gasteiger partial charge on any atom is 0.231 e. The molecule has 18 nitrogen and oxygen atoms in total. The molecule has 0 unspecified atom stereocenters. The molecular formula is C44H47BrN6O12S. The molecule has 0 bridgehead atoms. The minimum absolute atomic E-state index is 0.0518. The first-order chi connectivity index (χ1) is 31.1. The van der Waals surface area contributed by atoms with E-state index in [0.29, 0.717) is 104 Å². The van der Waals surface area contributed by atoms with Crippen LogP contribution in [0.2, 0.25) is 0 Å². The van der Waals surface area contributed by atoms with Crippen LogP contribution in [0.15, 0.2) is 71.7 Å². The highest BCUT2D eigenvalue weighted by molar-refractivity contribution is 9.10. The highest BCUT2D eigenvalue weighted by atomic mass is 79.9. The van der Waals surface area contributed by atoms with Gasteiger partial charge in [0.2, 0.25) is 36.8 Å². The van der Waals surface area contributed by atoms with E-state index in [1.165, 1.54) is 26.0 Å². The number of hydrogen-bond acceptors (Lipinski definition) is 18. The van der Waals surface area contributed by atoms with Crippen LogP contribution in [0.5, 0.6) is 69.3 Å². The minimum Gasteiger partial charge on any atom is -0.493 e. The Morgan fingerprint density at radius 3 is 1.89 bits per heavy atom. The number of nitrogens with zero attached hydrogens (tertiary/aromatic N) is 6. The Bertz CT molecular complexity index is 2720. The minimum atomic E-state index is -3.04. The Kier molecular flexibility index (Phi) is 14.0. The molecule has 0 saturated carbocycles. The number of methoxy groups -OCH3 is 2. The Hall–Kier alpha value is -6.09. The lowest BCUT2D eigenvalue weighted by Gasteiger charge is -2.32. The number of halogens is 1. The van der Waals surface area contributed by atoms with E-state index in [9.17, 15) is 8.42 Å². The smallest absolute Gasteiger partial charge is 0.231 e. The average Bonchev–Trinajstić information content (AvgIpc) is 3.99. The van der Waals surface area contributed by atoms with Crippen molar-refractivity contribution in [2.45, 2.75) is 12.8 Å². The predicted molar refractivity (Wildman–Crippen MR) is 239 cm³/mol. The molecule has 0 N–H and O–H groups in total. The average molecular weight is 964 g/mol. The Morgan fingerprint density at radius 2 is 1.27 bits per heavy atom. The maximum absolute atomic E-state index is 11.3. The molecule has 3 aliphatic rings. The summed E-state index contributed by atoms with van der Waals surface area (Å²) in [7, 11) is 2.27. The first-order valence-electron chi connectivity index (χ1n) is 20.4. The number of sulfone groups is 1. The van der Waals surface area contributed by atoms with Crippen LogP contribution in [0.25, 0.3) is 21.8 Å². The Morgan fingerprint density at radius 1 is 0.672 bits per heavy atom.